The molecule has 2 aromatic heterocycles. The van der Waals surface area contributed by atoms with Gasteiger partial charge in [0.15, 0.2) is 0 Å². The number of nitrogens with zero attached hydrogens (tertiary/aromatic N) is 2. The Morgan fingerprint density at radius 1 is 0.356 bits per heavy atom. The van der Waals surface area contributed by atoms with Crippen molar-refractivity contribution in [3.8, 4) is 39.4 Å². The molecule has 3 nitrogen and oxygen atoms in total. The molecule has 0 aliphatic heterocycles. The van der Waals surface area contributed by atoms with E-state index in [0.717, 1.165) is 66.1 Å². The minimum absolute atomic E-state index is 0.267. The molecular weight excluding hydrogens is 548 g/mol. The molecule has 0 aliphatic carbocycles. The summed E-state index contributed by atoms with van der Waals surface area (Å²) in [5.41, 5.74) is 10.8. The van der Waals surface area contributed by atoms with Crippen LogP contribution >= 0.6 is 0 Å². The van der Waals surface area contributed by atoms with Crippen LogP contribution in [0.1, 0.15) is 0 Å². The number of phenolic OH excluding ortho intramolecular Hbond substituents is 1. The third-order valence-corrected chi connectivity index (χ3v) is 8.95. The number of hydrogen-bond donors (Lipinski definition) is 1. The van der Waals surface area contributed by atoms with Gasteiger partial charge < -0.3 is 14.2 Å². The molecule has 0 atom stereocenters. The predicted octanol–water partition coefficient (Wildman–Crippen LogP) is 10.9. The van der Waals surface area contributed by atoms with Gasteiger partial charge in [-0.2, -0.15) is 0 Å². The van der Waals surface area contributed by atoms with Crippen LogP contribution in [0, 0.1) is 0 Å². The zero-order valence-electron chi connectivity index (χ0n) is 24.4. The molecule has 2 heterocycles. The van der Waals surface area contributed by atoms with Crippen molar-refractivity contribution in [3.63, 3.8) is 0 Å². The van der Waals surface area contributed by atoms with Crippen LogP contribution in [0.4, 0.5) is 0 Å². The summed E-state index contributed by atoms with van der Waals surface area (Å²) in [6.45, 7) is 0. The second-order valence-corrected chi connectivity index (χ2v) is 11.6. The van der Waals surface area contributed by atoms with Crippen molar-refractivity contribution in [1.29, 1.82) is 0 Å². The van der Waals surface area contributed by atoms with Crippen molar-refractivity contribution in [2.75, 3.05) is 0 Å². The maximum absolute atomic E-state index is 11.8. The van der Waals surface area contributed by atoms with E-state index in [2.05, 4.69) is 149 Å². The van der Waals surface area contributed by atoms with Gasteiger partial charge in [-0.15, -0.1) is 0 Å². The second-order valence-electron chi connectivity index (χ2n) is 11.6. The first-order chi connectivity index (χ1) is 22.3. The van der Waals surface area contributed by atoms with Crippen LogP contribution in [0.25, 0.3) is 77.2 Å². The zero-order chi connectivity index (χ0) is 29.9. The van der Waals surface area contributed by atoms with Crippen LogP contribution in [0.15, 0.2) is 164 Å². The Hall–Kier alpha value is -6.06. The summed E-state index contributed by atoms with van der Waals surface area (Å²) in [7, 11) is 0. The normalized spacial score (nSPS) is 11.6. The van der Waals surface area contributed by atoms with Crippen molar-refractivity contribution in [2.45, 2.75) is 0 Å². The smallest absolute Gasteiger partial charge is 0.141 e. The lowest BCUT2D eigenvalue weighted by atomic mass is 9.98. The standard InChI is InChI=1S/C42H28N2O/c45-39-27-36-34-20-10-12-22-37(34)44(33-25-30(28-14-4-1-5-15-28)24-31(26-33)29-16-6-2-7-17-29)41(36)40-35-21-11-13-23-38(35)43(42(39)40)32-18-8-3-9-19-32/h1-27,45H. The largest absolute Gasteiger partial charge is 0.506 e. The van der Waals surface area contributed by atoms with E-state index in [-0.39, 0.29) is 5.75 Å². The monoisotopic (exact) mass is 576 g/mol. The van der Waals surface area contributed by atoms with Crippen LogP contribution in [0.2, 0.25) is 0 Å². The maximum atomic E-state index is 11.8. The molecule has 7 aromatic carbocycles. The van der Waals surface area contributed by atoms with Crippen molar-refractivity contribution < 1.29 is 5.11 Å². The van der Waals surface area contributed by atoms with E-state index in [1.165, 1.54) is 11.1 Å². The van der Waals surface area contributed by atoms with Gasteiger partial charge in [-0.3, -0.25) is 0 Å². The molecule has 0 saturated carbocycles. The number of fused-ring (bicyclic) bond motifs is 7. The van der Waals surface area contributed by atoms with Crippen molar-refractivity contribution >= 4 is 43.6 Å². The second kappa shape index (κ2) is 10.0. The quantitative estimate of drug-likeness (QED) is 0.222. The van der Waals surface area contributed by atoms with Crippen LogP contribution in [0.3, 0.4) is 0 Å². The van der Waals surface area contributed by atoms with Gasteiger partial charge in [0.25, 0.3) is 0 Å². The number of aromatic nitrogens is 2. The van der Waals surface area contributed by atoms with Gasteiger partial charge in [0.2, 0.25) is 0 Å². The minimum atomic E-state index is 0.267. The number of rotatable bonds is 4. The fourth-order valence-electron chi connectivity index (χ4n) is 7.03. The summed E-state index contributed by atoms with van der Waals surface area (Å²) in [5.74, 6) is 0.267. The van der Waals surface area contributed by atoms with Gasteiger partial charge >= 0.3 is 0 Å². The number of aromatic hydroxyl groups is 1. The van der Waals surface area contributed by atoms with Gasteiger partial charge in [-0.25, -0.2) is 0 Å². The molecule has 0 spiro atoms. The Labute approximate surface area is 260 Å². The molecule has 0 aliphatic rings. The van der Waals surface area contributed by atoms with Crippen LogP contribution in [-0.4, -0.2) is 14.2 Å². The summed E-state index contributed by atoms with van der Waals surface area (Å²) in [4.78, 5) is 0. The zero-order valence-corrected chi connectivity index (χ0v) is 24.4. The Balaban J connectivity index is 1.48. The predicted molar refractivity (Wildman–Crippen MR) is 188 cm³/mol. The molecule has 0 unspecified atom stereocenters. The highest BCUT2D eigenvalue weighted by molar-refractivity contribution is 6.27. The number of phenols is 1. The summed E-state index contributed by atoms with van der Waals surface area (Å²) >= 11 is 0. The Bertz CT molecular complexity index is 2470. The molecule has 0 fully saturated rings. The van der Waals surface area contributed by atoms with Crippen LogP contribution < -0.4 is 0 Å². The maximum Gasteiger partial charge on any atom is 0.141 e. The lowest BCUT2D eigenvalue weighted by Crippen LogP contribution is -1.97. The summed E-state index contributed by atoms with van der Waals surface area (Å²) in [6, 6.07) is 57.3. The Morgan fingerprint density at radius 3 is 1.47 bits per heavy atom. The fraction of sp³-hybridized carbons (Fsp3) is 0. The summed E-state index contributed by atoms with van der Waals surface area (Å²) in [6.07, 6.45) is 0. The first-order valence-electron chi connectivity index (χ1n) is 15.3. The molecule has 9 aromatic rings. The highest BCUT2D eigenvalue weighted by atomic mass is 16.3. The fourth-order valence-corrected chi connectivity index (χ4v) is 7.03. The van der Waals surface area contributed by atoms with Crippen molar-refractivity contribution in [1.82, 2.24) is 9.13 Å². The van der Waals surface area contributed by atoms with E-state index in [1.54, 1.807) is 0 Å². The first-order valence-corrected chi connectivity index (χ1v) is 15.3. The molecule has 0 saturated heterocycles. The van der Waals surface area contributed by atoms with E-state index in [0.29, 0.717) is 0 Å². The molecule has 0 amide bonds. The lowest BCUT2D eigenvalue weighted by molar-refractivity contribution is 0.480. The van der Waals surface area contributed by atoms with Gasteiger partial charge in [-0.05, 0) is 70.8 Å². The van der Waals surface area contributed by atoms with E-state index in [9.17, 15) is 5.11 Å². The van der Waals surface area contributed by atoms with Crippen molar-refractivity contribution in [3.05, 3.63) is 164 Å². The molecular formula is C42H28N2O. The number of hydrogen-bond acceptors (Lipinski definition) is 1. The molecule has 9 rings (SSSR count). The Kier molecular flexibility index (Phi) is 5.66. The van der Waals surface area contributed by atoms with E-state index in [4.69, 9.17) is 0 Å². The number of para-hydroxylation sites is 3. The first kappa shape index (κ1) is 25.4. The third-order valence-electron chi connectivity index (χ3n) is 8.95. The van der Waals surface area contributed by atoms with Gasteiger partial charge in [0, 0.05) is 32.9 Å². The molecule has 0 radical (unpaired) electrons. The average Bonchev–Trinajstić information content (AvgIpc) is 3.63. The highest BCUT2D eigenvalue weighted by Crippen LogP contribution is 2.46. The Morgan fingerprint density at radius 2 is 0.844 bits per heavy atom. The van der Waals surface area contributed by atoms with Crippen LogP contribution in [-0.2, 0) is 0 Å². The van der Waals surface area contributed by atoms with Gasteiger partial charge in [-0.1, -0.05) is 115 Å². The minimum Gasteiger partial charge on any atom is -0.506 e. The van der Waals surface area contributed by atoms with E-state index < -0.39 is 0 Å². The average molecular weight is 577 g/mol. The van der Waals surface area contributed by atoms with Gasteiger partial charge in [0.1, 0.15) is 5.75 Å². The lowest BCUT2D eigenvalue weighted by Gasteiger charge is -2.15. The van der Waals surface area contributed by atoms with Gasteiger partial charge in [0.05, 0.1) is 22.1 Å². The topological polar surface area (TPSA) is 30.1 Å². The SMILES string of the molecule is Oc1cc2c3ccccc3n(-c3cc(-c4ccccc4)cc(-c4ccccc4)c3)c2c2c3ccccc3n(-c3ccccc3)c12. The molecule has 45 heavy (non-hydrogen) atoms. The highest BCUT2D eigenvalue weighted by Gasteiger charge is 2.23. The van der Waals surface area contributed by atoms with Crippen molar-refractivity contribution in [2.24, 2.45) is 0 Å². The summed E-state index contributed by atoms with van der Waals surface area (Å²) < 4.78 is 4.59. The summed E-state index contributed by atoms with van der Waals surface area (Å²) in [5, 5.41) is 16.1. The molecule has 212 valence electrons. The third kappa shape index (κ3) is 3.91. The molecule has 1 N–H and O–H groups in total. The van der Waals surface area contributed by atoms with Crippen LogP contribution in [0.5, 0.6) is 5.75 Å². The van der Waals surface area contributed by atoms with E-state index in [1.807, 2.05) is 24.3 Å². The van der Waals surface area contributed by atoms with E-state index >= 15 is 0 Å². The molecule has 0 bridgehead atoms. The number of benzene rings is 7. The molecule has 3 heteroatoms.